The Labute approximate surface area is 95.7 Å². The molecule has 1 aliphatic heterocycles. The summed E-state index contributed by atoms with van der Waals surface area (Å²) in [5.74, 6) is 2.69. The smallest absolute Gasteiger partial charge is 0.415 e. The van der Waals surface area contributed by atoms with Crippen molar-refractivity contribution in [3.8, 4) is 0 Å². The first kappa shape index (κ1) is 12.6. The molecule has 1 rings (SSSR count). The zero-order chi connectivity index (χ0) is 12.2. The molecule has 1 aliphatic rings. The molecule has 0 atom stereocenters. The summed E-state index contributed by atoms with van der Waals surface area (Å²) in [5, 5.41) is 3.55. The summed E-state index contributed by atoms with van der Waals surface area (Å²) < 4.78 is 5.28. The number of hydrogen-bond donors (Lipinski definition) is 0. The Balaban J connectivity index is 2.72. The summed E-state index contributed by atoms with van der Waals surface area (Å²) in [6.07, 6.45) is 1.33. The second-order valence-electron chi connectivity index (χ2n) is 4.57. The third-order valence-corrected chi connectivity index (χ3v) is 2.00. The van der Waals surface area contributed by atoms with Crippen LogP contribution in [0.25, 0.3) is 0 Å². The average molecular weight is 226 g/mol. The number of likely N-dealkylation sites (tertiary alicyclic amines) is 1. The highest BCUT2D eigenvalue weighted by Crippen LogP contribution is 2.21. The molecule has 1 heterocycles. The maximum absolute atomic E-state index is 11.8. The van der Waals surface area contributed by atoms with Crippen molar-refractivity contribution < 1.29 is 14.4 Å². The standard InChI is InChI=1S/C11H18N2O3/c1-11(2,3)16-10(14)13-7-5-6-9(13)8-12-15-4/h5-7H2,1-4H3. The van der Waals surface area contributed by atoms with Crippen molar-refractivity contribution >= 4 is 12.0 Å². The van der Waals surface area contributed by atoms with Crippen LogP contribution in [0.4, 0.5) is 4.79 Å². The molecule has 0 aromatic heterocycles. The minimum atomic E-state index is -0.483. The first-order chi connectivity index (χ1) is 7.44. The SMILES string of the molecule is CON=C=C1CCCN1C(=O)OC(C)(C)C. The lowest BCUT2D eigenvalue weighted by Crippen LogP contribution is -2.34. The van der Waals surface area contributed by atoms with Crippen molar-refractivity contribution in [3.05, 3.63) is 5.70 Å². The van der Waals surface area contributed by atoms with Crippen LogP contribution in [-0.4, -0.2) is 36.1 Å². The van der Waals surface area contributed by atoms with Crippen LogP contribution in [0.2, 0.25) is 0 Å². The van der Waals surface area contributed by atoms with E-state index in [1.54, 1.807) is 4.90 Å². The molecule has 5 nitrogen and oxygen atoms in total. The zero-order valence-electron chi connectivity index (χ0n) is 10.2. The Bertz CT molecular complexity index is 325. The predicted molar refractivity (Wildman–Crippen MR) is 60.1 cm³/mol. The molecule has 0 spiro atoms. The van der Waals surface area contributed by atoms with Crippen molar-refractivity contribution in [1.29, 1.82) is 0 Å². The number of ether oxygens (including phenoxy) is 1. The molecule has 0 aromatic rings. The molecule has 16 heavy (non-hydrogen) atoms. The minimum Gasteiger partial charge on any atom is -0.443 e. The Morgan fingerprint density at radius 2 is 2.19 bits per heavy atom. The topological polar surface area (TPSA) is 51.1 Å². The van der Waals surface area contributed by atoms with Gasteiger partial charge in [-0.2, -0.15) is 0 Å². The fourth-order valence-electron chi connectivity index (χ4n) is 1.41. The number of rotatable bonds is 1. The number of carbonyl (C=O) groups excluding carboxylic acids is 1. The highest BCUT2D eigenvalue weighted by atomic mass is 16.6. The first-order valence-corrected chi connectivity index (χ1v) is 5.29. The van der Waals surface area contributed by atoms with E-state index in [4.69, 9.17) is 4.74 Å². The van der Waals surface area contributed by atoms with Crippen LogP contribution >= 0.6 is 0 Å². The number of amides is 1. The highest BCUT2D eigenvalue weighted by molar-refractivity contribution is 5.75. The van der Waals surface area contributed by atoms with E-state index in [-0.39, 0.29) is 6.09 Å². The number of hydrogen-bond acceptors (Lipinski definition) is 4. The Morgan fingerprint density at radius 1 is 1.50 bits per heavy atom. The molecule has 0 bridgehead atoms. The van der Waals surface area contributed by atoms with Gasteiger partial charge in [0.1, 0.15) is 12.7 Å². The van der Waals surface area contributed by atoms with Crippen LogP contribution < -0.4 is 0 Å². The summed E-state index contributed by atoms with van der Waals surface area (Å²) >= 11 is 0. The zero-order valence-corrected chi connectivity index (χ0v) is 10.2. The van der Waals surface area contributed by atoms with Gasteiger partial charge < -0.3 is 9.57 Å². The van der Waals surface area contributed by atoms with Gasteiger partial charge >= 0.3 is 6.09 Å². The first-order valence-electron chi connectivity index (χ1n) is 5.29. The lowest BCUT2D eigenvalue weighted by atomic mass is 10.2. The van der Waals surface area contributed by atoms with Gasteiger partial charge in [0.2, 0.25) is 0 Å². The van der Waals surface area contributed by atoms with Gasteiger partial charge in [-0.1, -0.05) is 0 Å². The van der Waals surface area contributed by atoms with Crippen LogP contribution in [0.3, 0.4) is 0 Å². The molecule has 0 N–H and O–H groups in total. The van der Waals surface area contributed by atoms with E-state index in [1.165, 1.54) is 7.11 Å². The molecule has 0 aromatic carbocycles. The van der Waals surface area contributed by atoms with Gasteiger partial charge in [0, 0.05) is 6.54 Å². The highest BCUT2D eigenvalue weighted by Gasteiger charge is 2.28. The molecule has 5 heteroatoms. The van der Waals surface area contributed by atoms with Crippen LogP contribution in [0.5, 0.6) is 0 Å². The van der Waals surface area contributed by atoms with Crippen molar-refractivity contribution in [2.24, 2.45) is 5.16 Å². The third-order valence-electron chi connectivity index (χ3n) is 2.00. The Morgan fingerprint density at radius 3 is 2.75 bits per heavy atom. The molecule has 0 saturated carbocycles. The molecule has 0 unspecified atom stereocenters. The fraction of sp³-hybridized carbons (Fsp3) is 0.727. The minimum absolute atomic E-state index is 0.348. The quantitative estimate of drug-likeness (QED) is 0.508. The Kier molecular flexibility index (Phi) is 3.96. The molecule has 0 aliphatic carbocycles. The van der Waals surface area contributed by atoms with Crippen LogP contribution in [-0.2, 0) is 9.57 Å². The van der Waals surface area contributed by atoms with Crippen molar-refractivity contribution in [2.75, 3.05) is 13.7 Å². The van der Waals surface area contributed by atoms with E-state index in [0.29, 0.717) is 6.54 Å². The maximum atomic E-state index is 11.8. The molecular formula is C11H18N2O3. The molecule has 1 fully saturated rings. The summed E-state index contributed by atoms with van der Waals surface area (Å²) in [4.78, 5) is 17.9. The maximum Gasteiger partial charge on any atom is 0.415 e. The van der Waals surface area contributed by atoms with E-state index < -0.39 is 5.60 Å². The Hall–Kier alpha value is -1.48. The second-order valence-corrected chi connectivity index (χ2v) is 4.57. The average Bonchev–Trinajstić information content (AvgIpc) is 2.59. The number of nitrogens with zero attached hydrogens (tertiary/aromatic N) is 2. The van der Waals surface area contributed by atoms with E-state index >= 15 is 0 Å². The van der Waals surface area contributed by atoms with Gasteiger partial charge in [-0.25, -0.2) is 4.79 Å². The van der Waals surface area contributed by atoms with Gasteiger partial charge in [-0.3, -0.25) is 4.90 Å². The third kappa shape index (κ3) is 3.59. The van der Waals surface area contributed by atoms with Gasteiger partial charge in [-0.15, -0.1) is 0 Å². The lowest BCUT2D eigenvalue weighted by Gasteiger charge is -2.24. The monoisotopic (exact) mass is 226 g/mol. The van der Waals surface area contributed by atoms with Gasteiger partial charge in [0.05, 0.1) is 11.6 Å². The summed E-state index contributed by atoms with van der Waals surface area (Å²) in [6, 6.07) is 0. The molecule has 90 valence electrons. The molecule has 0 radical (unpaired) electrons. The fourth-order valence-corrected chi connectivity index (χ4v) is 1.41. The van der Waals surface area contributed by atoms with Crippen LogP contribution in [0, 0.1) is 0 Å². The van der Waals surface area contributed by atoms with Crippen molar-refractivity contribution in [3.63, 3.8) is 0 Å². The lowest BCUT2D eigenvalue weighted by molar-refractivity contribution is 0.0341. The van der Waals surface area contributed by atoms with Gasteiger partial charge in [0.15, 0.2) is 0 Å². The predicted octanol–water partition coefficient (Wildman–Crippen LogP) is 2.13. The van der Waals surface area contributed by atoms with Crippen LogP contribution in [0.1, 0.15) is 33.6 Å². The largest absolute Gasteiger partial charge is 0.443 e. The molecule has 1 saturated heterocycles. The number of carbonyl (C=O) groups is 1. The van der Waals surface area contributed by atoms with E-state index in [0.717, 1.165) is 18.5 Å². The van der Waals surface area contributed by atoms with Crippen LogP contribution in [0.15, 0.2) is 10.9 Å². The summed E-state index contributed by atoms with van der Waals surface area (Å²) in [6.45, 7) is 6.17. The van der Waals surface area contributed by atoms with Gasteiger partial charge in [0.25, 0.3) is 0 Å². The van der Waals surface area contributed by atoms with Crippen molar-refractivity contribution in [2.45, 2.75) is 39.2 Å². The van der Waals surface area contributed by atoms with Gasteiger partial charge in [-0.05, 0) is 38.8 Å². The molecule has 1 amide bonds. The second kappa shape index (κ2) is 5.03. The van der Waals surface area contributed by atoms with E-state index in [9.17, 15) is 4.79 Å². The van der Waals surface area contributed by atoms with E-state index in [1.807, 2.05) is 20.8 Å². The number of allylic oxidation sites excluding steroid dienone is 1. The molecular weight excluding hydrogens is 208 g/mol. The van der Waals surface area contributed by atoms with Crippen molar-refractivity contribution in [1.82, 2.24) is 4.90 Å². The summed E-state index contributed by atoms with van der Waals surface area (Å²) in [7, 11) is 1.44. The normalized spacial score (nSPS) is 15.8. The summed E-state index contributed by atoms with van der Waals surface area (Å²) in [5.41, 5.74) is 0.236. The van der Waals surface area contributed by atoms with E-state index in [2.05, 4.69) is 15.9 Å².